The molecule has 0 aromatic heterocycles. The Labute approximate surface area is 167 Å². The van der Waals surface area contributed by atoms with E-state index in [2.05, 4.69) is 34.1 Å². The third kappa shape index (κ3) is 19.9. The molecule has 3 N–H and O–H groups in total. The Balaban J connectivity index is -0.000000354. The predicted molar refractivity (Wildman–Crippen MR) is 87.7 cm³/mol. The Morgan fingerprint density at radius 2 is 1.33 bits per heavy atom. The van der Waals surface area contributed by atoms with Crippen LogP contribution < -0.4 is 29.6 Å². The Kier molecular flexibility index (Phi) is 18.1. The molecule has 1 unspecified atom stereocenters. The summed E-state index contributed by atoms with van der Waals surface area (Å²) in [5.74, 6) is -1.77. The minimum Gasteiger partial charge on any atom is -0.481 e. The molecule has 0 radical (unpaired) electrons. The van der Waals surface area contributed by atoms with Crippen molar-refractivity contribution >= 4 is 22.1 Å². The first-order valence-corrected chi connectivity index (χ1v) is 9.10. The van der Waals surface area contributed by atoms with Crippen molar-refractivity contribution in [2.45, 2.75) is 65.0 Å². The van der Waals surface area contributed by atoms with Crippen LogP contribution in [0.2, 0.25) is 0 Å². The van der Waals surface area contributed by atoms with E-state index in [-0.39, 0.29) is 29.6 Å². The molecule has 0 fully saturated rings. The number of hydrogen-bond donors (Lipinski definition) is 3. The molecule has 138 valence electrons. The van der Waals surface area contributed by atoms with Crippen LogP contribution in [0.1, 0.15) is 59.8 Å². The molecule has 1 atom stereocenters. The number of unbranched alkanes of at least 4 members (excludes halogenated alkanes) is 2. The maximum atomic E-state index is 10.2. The zero-order chi connectivity index (χ0) is 18.6. The van der Waals surface area contributed by atoms with E-state index in [0.29, 0.717) is 0 Å². The monoisotopic (exact) mass is 376 g/mol. The van der Waals surface area contributed by atoms with E-state index in [1.165, 1.54) is 25.7 Å². The molecular weight excluding hydrogens is 347 g/mol. The van der Waals surface area contributed by atoms with Crippen LogP contribution >= 0.6 is 0 Å². The fraction of sp³-hybridized carbons (Fsp3) is 0.800. The summed E-state index contributed by atoms with van der Waals surface area (Å²) in [6, 6.07) is 0. The smallest absolute Gasteiger partial charge is 0.481 e. The van der Waals surface area contributed by atoms with Crippen molar-refractivity contribution < 1.29 is 62.3 Å². The van der Waals surface area contributed by atoms with E-state index in [1.54, 1.807) is 0 Å². The molecule has 0 rings (SSSR count). The zero-order valence-electron chi connectivity index (χ0n) is 15.2. The molecule has 0 bridgehead atoms. The summed E-state index contributed by atoms with van der Waals surface area (Å²) in [7, 11) is -4.84. The van der Waals surface area contributed by atoms with Gasteiger partial charge in [-0.15, -0.1) is 0 Å². The van der Waals surface area contributed by atoms with E-state index < -0.39 is 33.7 Å². The van der Waals surface area contributed by atoms with Crippen molar-refractivity contribution in [1.29, 1.82) is 0 Å². The molecule has 0 aliphatic carbocycles. The molecule has 9 heteroatoms. The van der Waals surface area contributed by atoms with Gasteiger partial charge in [0.05, 0.1) is 6.42 Å². The molecule has 24 heavy (non-hydrogen) atoms. The summed E-state index contributed by atoms with van der Waals surface area (Å²) in [4.78, 5) is 20.0. The van der Waals surface area contributed by atoms with Crippen LogP contribution in [0.15, 0.2) is 0 Å². The predicted octanol–water partition coefficient (Wildman–Crippen LogP) is -0.131. The first-order valence-electron chi connectivity index (χ1n) is 7.60. The molecule has 0 spiro atoms. The van der Waals surface area contributed by atoms with Crippen molar-refractivity contribution in [3.8, 4) is 0 Å². The van der Waals surface area contributed by atoms with E-state index in [4.69, 9.17) is 14.8 Å². The van der Waals surface area contributed by atoms with E-state index in [1.807, 2.05) is 0 Å². The molecule has 0 saturated carbocycles. The second kappa shape index (κ2) is 15.1. The van der Waals surface area contributed by atoms with Gasteiger partial charge >= 0.3 is 41.5 Å². The van der Waals surface area contributed by atoms with Crippen molar-refractivity contribution in [3.05, 3.63) is 6.42 Å². The second-order valence-electron chi connectivity index (χ2n) is 6.17. The topological polar surface area (TPSA) is 129 Å². The Morgan fingerprint density at radius 1 is 0.958 bits per heavy atom. The summed E-state index contributed by atoms with van der Waals surface area (Å²) in [6.07, 6.45) is 6.62. The van der Waals surface area contributed by atoms with E-state index >= 15 is 0 Å². The number of carbonyl (C=O) groups is 2. The summed E-state index contributed by atoms with van der Waals surface area (Å²) >= 11 is 0. The van der Waals surface area contributed by atoms with E-state index in [0.717, 1.165) is 11.8 Å². The molecule has 0 aromatic rings. The van der Waals surface area contributed by atoms with Crippen LogP contribution in [-0.2, 0) is 19.7 Å². The van der Waals surface area contributed by atoms with Crippen LogP contribution in [0.3, 0.4) is 0 Å². The maximum Gasteiger partial charge on any atom is 1.00 e. The molecule has 0 aliphatic rings. The number of aliphatic carboxylic acids is 2. The molecule has 7 nitrogen and oxygen atoms in total. The molecular formula is C15H29NaO7S. The average Bonchev–Trinajstić information content (AvgIpc) is 2.33. The van der Waals surface area contributed by atoms with Gasteiger partial charge in [-0.3, -0.25) is 14.1 Å². The van der Waals surface area contributed by atoms with Gasteiger partial charge < -0.3 is 16.6 Å². The van der Waals surface area contributed by atoms with Crippen LogP contribution in [0, 0.1) is 18.3 Å². The molecule has 0 aliphatic heterocycles. The van der Waals surface area contributed by atoms with Crippen molar-refractivity contribution in [1.82, 2.24) is 0 Å². The summed E-state index contributed by atoms with van der Waals surface area (Å²) in [5.41, 5.74) is 0. The van der Waals surface area contributed by atoms with Crippen molar-refractivity contribution in [3.63, 3.8) is 0 Å². The number of hydrogen-bond acceptors (Lipinski definition) is 4. The standard InChI is InChI=1S/C11H23.C4H6O7S.Na/c1-10(2)8-6-5-7-9-11(3)4;5-3(6)1-2(4(7)8)12(9,10)11;/h5,10-11H,6-9H2,1-4H3;2H,1H2,(H,5,6)(H,7,8)(H,9,10,11);/q-1;;+1. The van der Waals surface area contributed by atoms with Gasteiger partial charge in [0.25, 0.3) is 10.1 Å². The van der Waals surface area contributed by atoms with Crippen molar-refractivity contribution in [2.24, 2.45) is 11.8 Å². The number of carboxylic acid groups (broad SMARTS) is 2. The maximum absolute atomic E-state index is 10.2. The van der Waals surface area contributed by atoms with Gasteiger partial charge in [-0.2, -0.15) is 21.3 Å². The fourth-order valence-corrected chi connectivity index (χ4v) is 2.13. The summed E-state index contributed by atoms with van der Waals surface area (Å²) in [6.45, 7) is 9.15. The first-order chi connectivity index (χ1) is 10.4. The van der Waals surface area contributed by atoms with Gasteiger partial charge in [0, 0.05) is 0 Å². The third-order valence-electron chi connectivity index (χ3n) is 2.89. The third-order valence-corrected chi connectivity index (χ3v) is 3.98. The minimum absolute atomic E-state index is 0. The second-order valence-corrected chi connectivity index (χ2v) is 7.77. The van der Waals surface area contributed by atoms with Gasteiger partial charge in [-0.1, -0.05) is 40.5 Å². The van der Waals surface area contributed by atoms with Gasteiger partial charge in [0.2, 0.25) is 0 Å². The van der Waals surface area contributed by atoms with E-state index in [9.17, 15) is 18.0 Å². The van der Waals surface area contributed by atoms with Gasteiger partial charge in [0.15, 0.2) is 5.25 Å². The molecule has 0 saturated heterocycles. The van der Waals surface area contributed by atoms with Crippen molar-refractivity contribution in [2.75, 3.05) is 0 Å². The van der Waals surface area contributed by atoms with Gasteiger partial charge in [-0.25, -0.2) is 0 Å². The van der Waals surface area contributed by atoms with Crippen LogP contribution in [0.4, 0.5) is 0 Å². The quantitative estimate of drug-likeness (QED) is 0.210. The van der Waals surface area contributed by atoms with Crippen LogP contribution in [-0.4, -0.2) is 40.4 Å². The molecule has 0 amide bonds. The summed E-state index contributed by atoms with van der Waals surface area (Å²) in [5, 5.41) is 13.9. The molecule has 0 heterocycles. The number of carboxylic acids is 2. The normalized spacial score (nSPS) is 12.1. The largest absolute Gasteiger partial charge is 1.00 e. The first kappa shape index (κ1) is 28.6. The van der Waals surface area contributed by atoms with Crippen LogP contribution in [0.5, 0.6) is 0 Å². The molecule has 0 aromatic carbocycles. The fourth-order valence-electron chi connectivity index (χ4n) is 1.53. The SMILES string of the molecule is CC(C)CC[CH-]CCC(C)C.O=C(O)CC(C(=O)O)S(=O)(=O)O.[Na+]. The van der Waals surface area contributed by atoms with Gasteiger partial charge in [-0.05, 0) is 11.8 Å². The minimum atomic E-state index is -4.84. The Morgan fingerprint density at radius 3 is 1.50 bits per heavy atom. The van der Waals surface area contributed by atoms with Gasteiger partial charge in [0.1, 0.15) is 0 Å². The zero-order valence-corrected chi connectivity index (χ0v) is 18.0. The number of rotatable bonds is 10. The Hall–Kier alpha value is -0.150. The summed E-state index contributed by atoms with van der Waals surface area (Å²) < 4.78 is 28.7. The van der Waals surface area contributed by atoms with Crippen LogP contribution in [0.25, 0.3) is 0 Å². The average molecular weight is 376 g/mol. The Bertz CT molecular complexity index is 437.